The molecule has 180 valence electrons. The smallest absolute Gasteiger partial charge is 0.340 e. The van der Waals surface area contributed by atoms with Gasteiger partial charge in [0.2, 0.25) is 0 Å². The van der Waals surface area contributed by atoms with Crippen molar-refractivity contribution in [2.45, 2.75) is 19.0 Å². The van der Waals surface area contributed by atoms with Gasteiger partial charge in [-0.25, -0.2) is 19.3 Å². The predicted octanol–water partition coefficient (Wildman–Crippen LogP) is 4.88. The Morgan fingerprint density at radius 1 is 1.06 bits per heavy atom. The van der Waals surface area contributed by atoms with E-state index in [4.69, 9.17) is 32.8 Å². The van der Waals surface area contributed by atoms with Crippen molar-refractivity contribution in [2.24, 2.45) is 5.16 Å². The average molecular weight is 525 g/mol. The average Bonchev–Trinajstić information content (AvgIpc) is 2.82. The fourth-order valence-electron chi connectivity index (χ4n) is 2.99. The van der Waals surface area contributed by atoms with Crippen molar-refractivity contribution in [3.63, 3.8) is 0 Å². The van der Waals surface area contributed by atoms with E-state index in [1.54, 1.807) is 6.92 Å². The highest BCUT2D eigenvalue weighted by atomic mass is 35.5. The van der Waals surface area contributed by atoms with Crippen LogP contribution in [0.1, 0.15) is 22.8 Å². The summed E-state index contributed by atoms with van der Waals surface area (Å²) in [6.07, 6.45) is 0. The van der Waals surface area contributed by atoms with E-state index in [1.165, 1.54) is 36.0 Å². The number of ether oxygens (including phenoxy) is 1. The quantitative estimate of drug-likeness (QED) is 0.241. The molecular formula is C22H22Cl2N4O5S. The monoisotopic (exact) mass is 524 g/mol. The number of hydrogen-bond donors (Lipinski definition) is 1. The number of imide groups is 1. The minimum Gasteiger partial charge on any atom is -0.456 e. The molecule has 0 N–H and O–H groups in total. The van der Waals surface area contributed by atoms with Crippen molar-refractivity contribution in [1.29, 1.82) is 0 Å². The SMILES string of the molecule is CC(COC(=O)c1cc(N2C(=O)N(C)C(S)N(C)C2=O)c(Cl)cc1Cl)=NOCc1ccccc1. The van der Waals surface area contributed by atoms with Gasteiger partial charge in [-0.15, -0.1) is 12.6 Å². The molecule has 0 aliphatic carbocycles. The van der Waals surface area contributed by atoms with Crippen LogP contribution in [0.15, 0.2) is 47.6 Å². The van der Waals surface area contributed by atoms with E-state index in [-0.39, 0.29) is 34.5 Å². The van der Waals surface area contributed by atoms with Crippen LogP contribution in [-0.2, 0) is 16.2 Å². The van der Waals surface area contributed by atoms with Crippen LogP contribution in [0.5, 0.6) is 0 Å². The largest absolute Gasteiger partial charge is 0.456 e. The van der Waals surface area contributed by atoms with Crippen LogP contribution in [0.4, 0.5) is 15.3 Å². The minimum absolute atomic E-state index is 0.000595. The Balaban J connectivity index is 1.73. The molecule has 0 radical (unpaired) electrons. The topological polar surface area (TPSA) is 91.8 Å². The van der Waals surface area contributed by atoms with Crippen molar-refractivity contribution in [1.82, 2.24) is 9.80 Å². The first-order valence-electron chi connectivity index (χ1n) is 9.99. The maximum absolute atomic E-state index is 12.7. The van der Waals surface area contributed by atoms with Crippen molar-refractivity contribution >= 4 is 65.3 Å². The van der Waals surface area contributed by atoms with Crippen LogP contribution >= 0.6 is 35.8 Å². The van der Waals surface area contributed by atoms with Gasteiger partial charge in [-0.1, -0.05) is 58.7 Å². The van der Waals surface area contributed by atoms with E-state index >= 15 is 0 Å². The number of urea groups is 2. The highest BCUT2D eigenvalue weighted by Gasteiger charge is 2.41. The van der Waals surface area contributed by atoms with E-state index in [0.717, 1.165) is 10.5 Å². The van der Waals surface area contributed by atoms with Gasteiger partial charge < -0.3 is 9.57 Å². The van der Waals surface area contributed by atoms with Crippen LogP contribution < -0.4 is 4.90 Å². The lowest BCUT2D eigenvalue weighted by Gasteiger charge is -2.42. The maximum atomic E-state index is 12.7. The summed E-state index contributed by atoms with van der Waals surface area (Å²) in [5.41, 5.74) is 0.526. The first-order valence-corrected chi connectivity index (χ1v) is 11.3. The summed E-state index contributed by atoms with van der Waals surface area (Å²) < 4.78 is 5.27. The number of nitrogens with zero attached hydrogens (tertiary/aromatic N) is 4. The third kappa shape index (κ3) is 5.57. The van der Waals surface area contributed by atoms with Crippen LogP contribution in [0.25, 0.3) is 0 Å². The third-order valence-electron chi connectivity index (χ3n) is 4.88. The van der Waals surface area contributed by atoms with Crippen LogP contribution in [0, 0.1) is 0 Å². The molecule has 0 aromatic heterocycles. The Morgan fingerprint density at radius 3 is 2.29 bits per heavy atom. The number of carbonyl (C=O) groups excluding carboxylic acids is 3. The molecule has 4 amide bonds. The molecule has 0 atom stereocenters. The van der Waals surface area contributed by atoms with Gasteiger partial charge in [0.25, 0.3) is 0 Å². The Labute approximate surface area is 212 Å². The molecule has 1 fully saturated rings. The number of amides is 4. The molecule has 1 heterocycles. The van der Waals surface area contributed by atoms with E-state index in [2.05, 4.69) is 17.8 Å². The van der Waals surface area contributed by atoms with Gasteiger partial charge in [-0.2, -0.15) is 0 Å². The summed E-state index contributed by atoms with van der Waals surface area (Å²) in [4.78, 5) is 46.8. The molecule has 34 heavy (non-hydrogen) atoms. The molecular weight excluding hydrogens is 503 g/mol. The molecule has 3 rings (SSSR count). The second-order valence-corrected chi connectivity index (χ2v) is 8.69. The number of carbonyl (C=O) groups is 3. The number of hydrogen-bond acceptors (Lipinski definition) is 7. The van der Waals surface area contributed by atoms with E-state index in [1.807, 2.05) is 30.3 Å². The van der Waals surface area contributed by atoms with Crippen molar-refractivity contribution in [3.05, 3.63) is 63.6 Å². The first kappa shape index (κ1) is 25.7. The molecule has 0 saturated carbocycles. The van der Waals surface area contributed by atoms with Crippen LogP contribution in [-0.4, -0.2) is 59.7 Å². The molecule has 2 aromatic rings. The number of esters is 1. The zero-order chi connectivity index (χ0) is 25.0. The first-order chi connectivity index (χ1) is 16.1. The van der Waals surface area contributed by atoms with Gasteiger partial charge >= 0.3 is 18.0 Å². The fraction of sp³-hybridized carbons (Fsp3) is 0.273. The van der Waals surface area contributed by atoms with Crippen molar-refractivity contribution < 1.29 is 24.0 Å². The number of benzene rings is 2. The van der Waals surface area contributed by atoms with Crippen molar-refractivity contribution in [3.8, 4) is 0 Å². The number of rotatable bonds is 7. The second kappa shape index (κ2) is 11.0. The summed E-state index contributed by atoms with van der Waals surface area (Å²) in [7, 11) is 2.97. The zero-order valence-electron chi connectivity index (χ0n) is 18.6. The van der Waals surface area contributed by atoms with Gasteiger partial charge in [-0.05, 0) is 24.6 Å². The molecule has 12 heteroatoms. The van der Waals surface area contributed by atoms with Crippen LogP contribution in [0.2, 0.25) is 10.0 Å². The van der Waals surface area contributed by atoms with Crippen LogP contribution in [0.3, 0.4) is 0 Å². The Kier molecular flexibility index (Phi) is 8.29. The number of anilines is 1. The Bertz CT molecular complexity index is 1110. The molecule has 1 aliphatic heterocycles. The van der Waals surface area contributed by atoms with Crippen molar-refractivity contribution in [2.75, 3.05) is 25.6 Å². The fourth-order valence-corrected chi connectivity index (χ4v) is 3.73. The summed E-state index contributed by atoms with van der Waals surface area (Å²) >= 11 is 16.7. The van der Waals surface area contributed by atoms with Gasteiger partial charge in [0.05, 0.1) is 27.0 Å². The molecule has 1 aliphatic rings. The summed E-state index contributed by atoms with van der Waals surface area (Å²) in [6, 6.07) is 10.7. The highest BCUT2D eigenvalue weighted by molar-refractivity contribution is 7.80. The van der Waals surface area contributed by atoms with Gasteiger partial charge in [0.1, 0.15) is 13.2 Å². The van der Waals surface area contributed by atoms with E-state index in [9.17, 15) is 14.4 Å². The van der Waals surface area contributed by atoms with E-state index in [0.29, 0.717) is 5.71 Å². The van der Waals surface area contributed by atoms with Gasteiger partial charge in [0.15, 0.2) is 5.50 Å². The third-order valence-corrected chi connectivity index (χ3v) is 6.19. The van der Waals surface area contributed by atoms with E-state index < -0.39 is 23.5 Å². The maximum Gasteiger partial charge on any atom is 0.340 e. The molecule has 0 unspecified atom stereocenters. The molecule has 0 spiro atoms. The summed E-state index contributed by atoms with van der Waals surface area (Å²) in [5.74, 6) is -0.786. The van der Waals surface area contributed by atoms with Gasteiger partial charge in [0, 0.05) is 14.1 Å². The summed E-state index contributed by atoms with van der Waals surface area (Å²) in [6.45, 7) is 1.75. The molecule has 1 saturated heterocycles. The second-order valence-electron chi connectivity index (χ2n) is 7.41. The number of halogens is 2. The Morgan fingerprint density at radius 2 is 1.68 bits per heavy atom. The molecule has 9 nitrogen and oxygen atoms in total. The summed E-state index contributed by atoms with van der Waals surface area (Å²) in [5, 5.41) is 3.93. The lowest BCUT2D eigenvalue weighted by atomic mass is 10.2. The highest BCUT2D eigenvalue weighted by Crippen LogP contribution is 2.35. The lowest BCUT2D eigenvalue weighted by Crippen LogP contribution is -2.62. The van der Waals surface area contributed by atoms with Gasteiger partial charge in [-0.3, -0.25) is 9.80 Å². The lowest BCUT2D eigenvalue weighted by molar-refractivity contribution is 0.0555. The molecule has 2 aromatic carbocycles. The standard InChI is InChI=1S/C22H22Cl2N4O5S/c1-13(25-33-12-14-7-5-4-6-8-14)11-32-19(29)15-9-18(17(24)10-16(15)23)28-20(30)26(2)22(34)27(3)21(28)31/h4-10,22,34H,11-12H2,1-3H3. The number of oxime groups is 1. The predicted molar refractivity (Wildman–Crippen MR) is 133 cm³/mol. The number of thiol groups is 1. The normalized spacial score (nSPS) is 15.1. The molecule has 0 bridgehead atoms. The minimum atomic E-state index is -0.786. The zero-order valence-corrected chi connectivity index (χ0v) is 21.0. The Hall–Kier alpha value is -2.95.